The smallest absolute Gasteiger partial charge is 0.231 e. The number of ketones is 1. The Morgan fingerprint density at radius 1 is 0.875 bits per heavy atom. The SMILES string of the molecule is O=C1/C(=C/c2ccc(-c3ccccc3)cc2)Oc2c1ccc1c2CN(C2CCCC2)CO1. The fraction of sp³-hybridized carbons (Fsp3) is 0.250. The standard InChI is InChI=1S/C28H25NO3/c30-27-23-14-15-25-24(17-29(18-31-25)22-8-4-5-9-22)28(23)32-26(27)16-19-10-12-21(13-11-19)20-6-2-1-3-7-20/h1-3,6-7,10-16,22H,4-5,8-9,17-18H2/b26-16-. The number of ether oxygens (including phenoxy) is 2. The van der Waals surface area contributed by atoms with Crippen LogP contribution in [-0.2, 0) is 6.54 Å². The van der Waals surface area contributed by atoms with E-state index in [9.17, 15) is 4.79 Å². The zero-order valence-electron chi connectivity index (χ0n) is 17.9. The molecule has 0 radical (unpaired) electrons. The van der Waals surface area contributed by atoms with Crippen molar-refractivity contribution in [3.8, 4) is 22.6 Å². The van der Waals surface area contributed by atoms with Crippen LogP contribution in [0.3, 0.4) is 0 Å². The highest BCUT2D eigenvalue weighted by atomic mass is 16.5. The summed E-state index contributed by atoms with van der Waals surface area (Å²) in [5, 5.41) is 0. The maximum atomic E-state index is 13.1. The molecule has 6 rings (SSSR count). The molecule has 1 fully saturated rings. The van der Waals surface area contributed by atoms with Crippen molar-refractivity contribution in [2.24, 2.45) is 0 Å². The molecule has 1 aliphatic carbocycles. The number of hydrogen-bond donors (Lipinski definition) is 0. The minimum atomic E-state index is -0.0621. The van der Waals surface area contributed by atoms with Gasteiger partial charge in [0.2, 0.25) is 5.78 Å². The Morgan fingerprint density at radius 2 is 1.62 bits per heavy atom. The second-order valence-electron chi connectivity index (χ2n) is 8.81. The van der Waals surface area contributed by atoms with Crippen molar-refractivity contribution in [1.82, 2.24) is 4.90 Å². The summed E-state index contributed by atoms with van der Waals surface area (Å²) in [4.78, 5) is 15.4. The largest absolute Gasteiger partial charge is 0.478 e. The summed E-state index contributed by atoms with van der Waals surface area (Å²) in [6.45, 7) is 1.39. The van der Waals surface area contributed by atoms with Crippen LogP contribution in [0.2, 0.25) is 0 Å². The summed E-state index contributed by atoms with van der Waals surface area (Å²) < 4.78 is 12.2. The molecule has 0 unspecified atom stereocenters. The summed E-state index contributed by atoms with van der Waals surface area (Å²) in [7, 11) is 0. The molecule has 0 saturated heterocycles. The zero-order valence-corrected chi connectivity index (χ0v) is 17.9. The maximum absolute atomic E-state index is 13.1. The van der Waals surface area contributed by atoms with E-state index in [0.717, 1.165) is 29.0 Å². The van der Waals surface area contributed by atoms with Crippen molar-refractivity contribution < 1.29 is 14.3 Å². The van der Waals surface area contributed by atoms with Gasteiger partial charge in [-0.3, -0.25) is 9.69 Å². The van der Waals surface area contributed by atoms with E-state index in [2.05, 4.69) is 29.2 Å². The fourth-order valence-corrected chi connectivity index (χ4v) is 5.03. The summed E-state index contributed by atoms with van der Waals surface area (Å²) in [5.41, 5.74) is 4.89. The molecule has 3 aromatic carbocycles. The second-order valence-corrected chi connectivity index (χ2v) is 8.81. The highest BCUT2D eigenvalue weighted by Gasteiger charge is 2.35. The van der Waals surface area contributed by atoms with Crippen molar-refractivity contribution in [1.29, 1.82) is 0 Å². The van der Waals surface area contributed by atoms with Crippen molar-refractivity contribution in [2.45, 2.75) is 38.3 Å². The third-order valence-electron chi connectivity index (χ3n) is 6.80. The number of Topliss-reactive ketones (excluding diaryl/α,β-unsaturated/α-hetero) is 1. The van der Waals surface area contributed by atoms with Gasteiger partial charge in [-0.2, -0.15) is 0 Å². The fourth-order valence-electron chi connectivity index (χ4n) is 5.03. The van der Waals surface area contributed by atoms with Crippen LogP contribution in [0, 0.1) is 0 Å². The summed E-state index contributed by atoms with van der Waals surface area (Å²) in [6, 6.07) is 22.8. The lowest BCUT2D eigenvalue weighted by Gasteiger charge is -2.33. The van der Waals surface area contributed by atoms with E-state index in [1.54, 1.807) is 0 Å². The molecule has 2 aliphatic heterocycles. The lowest BCUT2D eigenvalue weighted by atomic mass is 10.0. The van der Waals surface area contributed by atoms with Gasteiger partial charge in [-0.15, -0.1) is 0 Å². The topological polar surface area (TPSA) is 38.8 Å². The Bertz CT molecular complexity index is 1190. The molecule has 0 spiro atoms. The van der Waals surface area contributed by atoms with E-state index in [-0.39, 0.29) is 5.78 Å². The van der Waals surface area contributed by atoms with Crippen LogP contribution in [-0.4, -0.2) is 23.5 Å². The number of nitrogens with zero attached hydrogens (tertiary/aromatic N) is 1. The Balaban J connectivity index is 1.27. The first kappa shape index (κ1) is 19.3. The molecular formula is C28H25NO3. The van der Waals surface area contributed by atoms with Gasteiger partial charge in [-0.1, -0.05) is 67.4 Å². The minimum Gasteiger partial charge on any atom is -0.478 e. The van der Waals surface area contributed by atoms with Gasteiger partial charge in [0.25, 0.3) is 0 Å². The van der Waals surface area contributed by atoms with Crippen molar-refractivity contribution in [3.63, 3.8) is 0 Å². The van der Waals surface area contributed by atoms with Gasteiger partial charge in [0.15, 0.2) is 5.76 Å². The molecular weight excluding hydrogens is 398 g/mol. The molecule has 3 aliphatic rings. The number of carbonyl (C=O) groups excluding carboxylic acids is 1. The molecule has 4 heteroatoms. The Labute approximate surface area is 188 Å². The predicted octanol–water partition coefficient (Wildman–Crippen LogP) is 6.06. The summed E-state index contributed by atoms with van der Waals surface area (Å²) >= 11 is 0. The van der Waals surface area contributed by atoms with Gasteiger partial charge in [0.05, 0.1) is 11.1 Å². The highest BCUT2D eigenvalue weighted by molar-refractivity contribution is 6.15. The molecule has 32 heavy (non-hydrogen) atoms. The van der Waals surface area contributed by atoms with E-state index >= 15 is 0 Å². The monoisotopic (exact) mass is 423 g/mol. The lowest BCUT2D eigenvalue weighted by Crippen LogP contribution is -2.39. The van der Waals surface area contributed by atoms with Crippen molar-refractivity contribution in [3.05, 3.63) is 89.2 Å². The molecule has 3 aromatic rings. The van der Waals surface area contributed by atoms with Crippen LogP contribution in [0.15, 0.2) is 72.5 Å². The Kier molecular flexibility index (Phi) is 4.80. The Hall–Kier alpha value is -3.37. The van der Waals surface area contributed by atoms with Crippen LogP contribution in [0.1, 0.15) is 47.2 Å². The summed E-state index contributed by atoms with van der Waals surface area (Å²) in [6.07, 6.45) is 6.84. The van der Waals surface area contributed by atoms with Gasteiger partial charge >= 0.3 is 0 Å². The lowest BCUT2D eigenvalue weighted by molar-refractivity contribution is 0.0567. The number of rotatable bonds is 3. The van der Waals surface area contributed by atoms with Crippen LogP contribution >= 0.6 is 0 Å². The first-order valence-corrected chi connectivity index (χ1v) is 11.4. The van der Waals surface area contributed by atoms with Gasteiger partial charge in [-0.05, 0) is 47.7 Å². The van der Waals surface area contributed by atoms with E-state index in [4.69, 9.17) is 9.47 Å². The van der Waals surface area contributed by atoms with E-state index in [1.807, 2.05) is 48.5 Å². The molecule has 0 atom stereocenters. The first-order chi connectivity index (χ1) is 15.8. The Morgan fingerprint density at radius 3 is 2.41 bits per heavy atom. The van der Waals surface area contributed by atoms with Crippen molar-refractivity contribution >= 4 is 11.9 Å². The number of hydrogen-bond acceptors (Lipinski definition) is 4. The highest BCUT2D eigenvalue weighted by Crippen LogP contribution is 2.43. The quantitative estimate of drug-likeness (QED) is 0.480. The van der Waals surface area contributed by atoms with E-state index < -0.39 is 0 Å². The first-order valence-electron chi connectivity index (χ1n) is 11.4. The van der Waals surface area contributed by atoms with E-state index in [0.29, 0.717) is 29.8 Å². The maximum Gasteiger partial charge on any atom is 0.231 e. The van der Waals surface area contributed by atoms with Crippen LogP contribution < -0.4 is 9.47 Å². The summed E-state index contributed by atoms with van der Waals surface area (Å²) in [5.74, 6) is 1.81. The molecule has 160 valence electrons. The van der Waals surface area contributed by atoms with Gasteiger partial charge in [0.1, 0.15) is 18.2 Å². The number of carbonyl (C=O) groups is 1. The molecule has 4 nitrogen and oxygen atoms in total. The van der Waals surface area contributed by atoms with Gasteiger partial charge in [0, 0.05) is 12.6 Å². The number of allylic oxidation sites excluding steroid dienone is 1. The van der Waals surface area contributed by atoms with E-state index in [1.165, 1.54) is 31.2 Å². The zero-order chi connectivity index (χ0) is 21.5. The van der Waals surface area contributed by atoms with Crippen LogP contribution in [0.4, 0.5) is 0 Å². The van der Waals surface area contributed by atoms with Crippen molar-refractivity contribution in [2.75, 3.05) is 6.73 Å². The predicted molar refractivity (Wildman–Crippen MR) is 125 cm³/mol. The molecule has 0 N–H and O–H groups in total. The second kappa shape index (κ2) is 7.95. The molecule has 0 amide bonds. The number of benzene rings is 3. The third-order valence-corrected chi connectivity index (χ3v) is 6.80. The third kappa shape index (κ3) is 3.41. The van der Waals surface area contributed by atoms with Gasteiger partial charge < -0.3 is 9.47 Å². The van der Waals surface area contributed by atoms with Crippen LogP contribution in [0.25, 0.3) is 17.2 Å². The average Bonchev–Trinajstić information content (AvgIpc) is 3.49. The van der Waals surface area contributed by atoms with Crippen LogP contribution in [0.5, 0.6) is 11.5 Å². The molecule has 1 saturated carbocycles. The normalized spacial score (nSPS) is 19.5. The minimum absolute atomic E-state index is 0.0621. The van der Waals surface area contributed by atoms with Gasteiger partial charge in [-0.25, -0.2) is 0 Å². The molecule has 0 aromatic heterocycles. The molecule has 0 bridgehead atoms. The number of fused-ring (bicyclic) bond motifs is 3. The molecule has 2 heterocycles. The average molecular weight is 424 g/mol.